The maximum atomic E-state index is 13.5. The minimum absolute atomic E-state index is 0.156. The molecule has 4 rings (SSSR count). The van der Waals surface area contributed by atoms with Crippen LogP contribution in [0.2, 0.25) is 0 Å². The molecule has 0 spiro atoms. The Bertz CT molecular complexity index is 819. The fourth-order valence-corrected chi connectivity index (χ4v) is 3.38. The predicted molar refractivity (Wildman–Crippen MR) is 91.2 cm³/mol. The lowest BCUT2D eigenvalue weighted by atomic mass is 10.1. The average Bonchev–Trinajstić information content (AvgIpc) is 3.07. The van der Waals surface area contributed by atoms with Gasteiger partial charge >= 0.3 is 0 Å². The monoisotopic (exact) mass is 344 g/mol. The van der Waals surface area contributed by atoms with E-state index in [0.717, 1.165) is 48.6 Å². The van der Waals surface area contributed by atoms with E-state index in [1.54, 1.807) is 4.90 Å². The zero-order valence-electron chi connectivity index (χ0n) is 13.7. The maximum Gasteiger partial charge on any atom is 0.258 e. The fourth-order valence-electron chi connectivity index (χ4n) is 3.38. The molecule has 0 unspecified atom stereocenters. The van der Waals surface area contributed by atoms with Gasteiger partial charge in [-0.1, -0.05) is 6.07 Å². The van der Waals surface area contributed by atoms with E-state index in [0.29, 0.717) is 19.8 Å². The molecule has 25 heavy (non-hydrogen) atoms. The van der Waals surface area contributed by atoms with E-state index in [2.05, 4.69) is 11.0 Å². The SMILES string of the molecule is O=C(c1ccc(F)c(F)c1)N1CCc2ccc(N3CCOCC3)cc21. The molecule has 0 aromatic heterocycles. The van der Waals surface area contributed by atoms with Crippen molar-refractivity contribution in [3.8, 4) is 0 Å². The second kappa shape index (κ2) is 6.44. The van der Waals surface area contributed by atoms with Crippen molar-refractivity contribution in [3.05, 3.63) is 59.2 Å². The molecule has 6 heteroatoms. The molecular formula is C19H18F2N2O2. The summed E-state index contributed by atoms with van der Waals surface area (Å²) < 4.78 is 32.0. The molecule has 0 radical (unpaired) electrons. The first-order valence-electron chi connectivity index (χ1n) is 8.36. The molecule has 0 aliphatic carbocycles. The van der Waals surface area contributed by atoms with Crippen LogP contribution in [0.1, 0.15) is 15.9 Å². The molecule has 2 aromatic rings. The summed E-state index contributed by atoms with van der Waals surface area (Å²) in [5, 5.41) is 0. The van der Waals surface area contributed by atoms with Gasteiger partial charge in [-0.15, -0.1) is 0 Å². The van der Waals surface area contributed by atoms with Crippen molar-refractivity contribution in [1.29, 1.82) is 0 Å². The van der Waals surface area contributed by atoms with Crippen molar-refractivity contribution in [2.75, 3.05) is 42.6 Å². The van der Waals surface area contributed by atoms with Crippen LogP contribution in [0.15, 0.2) is 36.4 Å². The fraction of sp³-hybridized carbons (Fsp3) is 0.316. The Morgan fingerprint density at radius 3 is 2.52 bits per heavy atom. The second-order valence-electron chi connectivity index (χ2n) is 6.25. The summed E-state index contributed by atoms with van der Waals surface area (Å²) >= 11 is 0. The number of hydrogen-bond acceptors (Lipinski definition) is 3. The van der Waals surface area contributed by atoms with E-state index in [4.69, 9.17) is 4.74 Å². The van der Waals surface area contributed by atoms with Crippen LogP contribution in [0.25, 0.3) is 0 Å². The minimum Gasteiger partial charge on any atom is -0.378 e. The number of morpholine rings is 1. The zero-order valence-corrected chi connectivity index (χ0v) is 13.7. The largest absolute Gasteiger partial charge is 0.378 e. The van der Waals surface area contributed by atoms with Crippen LogP contribution >= 0.6 is 0 Å². The Balaban J connectivity index is 1.63. The number of rotatable bonds is 2. The summed E-state index contributed by atoms with van der Waals surface area (Å²) in [6.07, 6.45) is 0.758. The van der Waals surface area contributed by atoms with Crippen molar-refractivity contribution >= 4 is 17.3 Å². The molecule has 1 fully saturated rings. The highest BCUT2D eigenvalue weighted by atomic mass is 19.2. The Morgan fingerprint density at radius 1 is 0.960 bits per heavy atom. The van der Waals surface area contributed by atoms with Gasteiger partial charge in [0.2, 0.25) is 0 Å². The summed E-state index contributed by atoms with van der Waals surface area (Å²) in [4.78, 5) is 16.6. The molecule has 2 heterocycles. The lowest BCUT2D eigenvalue weighted by Gasteiger charge is -2.29. The van der Waals surface area contributed by atoms with Gasteiger partial charge in [0.25, 0.3) is 5.91 Å². The molecule has 130 valence electrons. The van der Waals surface area contributed by atoms with Crippen LogP contribution in [0.3, 0.4) is 0 Å². The number of anilines is 2. The van der Waals surface area contributed by atoms with Crippen molar-refractivity contribution in [1.82, 2.24) is 0 Å². The third kappa shape index (κ3) is 2.98. The Hall–Kier alpha value is -2.47. The average molecular weight is 344 g/mol. The summed E-state index contributed by atoms with van der Waals surface area (Å²) in [7, 11) is 0. The molecule has 2 aliphatic heterocycles. The summed E-state index contributed by atoms with van der Waals surface area (Å²) in [5.41, 5.74) is 3.14. The third-order valence-electron chi connectivity index (χ3n) is 4.75. The second-order valence-corrected chi connectivity index (χ2v) is 6.25. The number of amides is 1. The zero-order chi connectivity index (χ0) is 17.4. The maximum absolute atomic E-state index is 13.5. The predicted octanol–water partition coefficient (Wildman–Crippen LogP) is 3.00. The first-order chi connectivity index (χ1) is 12.1. The van der Waals surface area contributed by atoms with E-state index < -0.39 is 11.6 Å². The van der Waals surface area contributed by atoms with Crippen molar-refractivity contribution in [3.63, 3.8) is 0 Å². The topological polar surface area (TPSA) is 32.8 Å². The highest BCUT2D eigenvalue weighted by molar-refractivity contribution is 6.07. The molecule has 2 aliphatic rings. The van der Waals surface area contributed by atoms with Gasteiger partial charge in [0.1, 0.15) is 0 Å². The first-order valence-corrected chi connectivity index (χ1v) is 8.36. The van der Waals surface area contributed by atoms with Crippen LogP contribution in [-0.2, 0) is 11.2 Å². The molecule has 0 N–H and O–H groups in total. The minimum atomic E-state index is -1.01. The number of ether oxygens (including phenoxy) is 1. The number of halogens is 2. The Morgan fingerprint density at radius 2 is 1.76 bits per heavy atom. The van der Waals surface area contributed by atoms with Gasteiger partial charge in [-0.25, -0.2) is 8.78 Å². The molecule has 0 bridgehead atoms. The van der Waals surface area contributed by atoms with Gasteiger partial charge in [-0.3, -0.25) is 4.79 Å². The lowest BCUT2D eigenvalue weighted by Crippen LogP contribution is -2.36. The number of carbonyl (C=O) groups is 1. The third-order valence-corrected chi connectivity index (χ3v) is 4.75. The molecule has 2 aromatic carbocycles. The van der Waals surface area contributed by atoms with Gasteiger partial charge in [0.15, 0.2) is 11.6 Å². The van der Waals surface area contributed by atoms with Gasteiger partial charge in [0.05, 0.1) is 13.2 Å². The standard InChI is InChI=1S/C19H18F2N2O2/c20-16-4-2-14(11-17(16)21)19(24)23-6-5-13-1-3-15(12-18(13)23)22-7-9-25-10-8-22/h1-4,11-12H,5-10H2. The number of hydrogen-bond donors (Lipinski definition) is 0. The van der Waals surface area contributed by atoms with Crippen LogP contribution in [-0.4, -0.2) is 38.8 Å². The van der Waals surface area contributed by atoms with Gasteiger partial charge < -0.3 is 14.5 Å². The van der Waals surface area contributed by atoms with E-state index in [9.17, 15) is 13.6 Å². The summed E-state index contributed by atoms with van der Waals surface area (Å²) in [6, 6.07) is 9.38. The molecule has 4 nitrogen and oxygen atoms in total. The summed E-state index contributed by atoms with van der Waals surface area (Å²) in [6.45, 7) is 3.55. The van der Waals surface area contributed by atoms with E-state index in [1.807, 2.05) is 12.1 Å². The first kappa shape index (κ1) is 16.0. The Kier molecular flexibility index (Phi) is 4.13. The lowest BCUT2D eigenvalue weighted by molar-refractivity contribution is 0.0988. The number of benzene rings is 2. The highest BCUT2D eigenvalue weighted by Gasteiger charge is 2.27. The Labute approximate surface area is 144 Å². The normalized spacial score (nSPS) is 16.9. The van der Waals surface area contributed by atoms with Gasteiger partial charge in [-0.05, 0) is 42.3 Å². The molecule has 0 atom stereocenters. The van der Waals surface area contributed by atoms with Gasteiger partial charge in [0, 0.05) is 36.6 Å². The van der Waals surface area contributed by atoms with Crippen LogP contribution < -0.4 is 9.80 Å². The van der Waals surface area contributed by atoms with Crippen molar-refractivity contribution < 1.29 is 18.3 Å². The smallest absolute Gasteiger partial charge is 0.258 e. The van der Waals surface area contributed by atoms with Crippen molar-refractivity contribution in [2.45, 2.75) is 6.42 Å². The van der Waals surface area contributed by atoms with Gasteiger partial charge in [-0.2, -0.15) is 0 Å². The molecule has 1 saturated heterocycles. The van der Waals surface area contributed by atoms with E-state index >= 15 is 0 Å². The van der Waals surface area contributed by atoms with Crippen LogP contribution in [0.4, 0.5) is 20.2 Å². The number of nitrogens with zero attached hydrogens (tertiary/aromatic N) is 2. The van der Waals surface area contributed by atoms with Crippen LogP contribution in [0, 0.1) is 11.6 Å². The summed E-state index contributed by atoms with van der Waals surface area (Å²) in [5.74, 6) is -2.27. The molecular weight excluding hydrogens is 326 g/mol. The number of carbonyl (C=O) groups excluding carboxylic acids is 1. The number of fused-ring (bicyclic) bond motifs is 1. The molecule has 1 amide bonds. The quantitative estimate of drug-likeness (QED) is 0.840. The molecule has 0 saturated carbocycles. The van der Waals surface area contributed by atoms with Crippen LogP contribution in [0.5, 0.6) is 0 Å². The van der Waals surface area contributed by atoms with Crippen molar-refractivity contribution in [2.24, 2.45) is 0 Å². The highest BCUT2D eigenvalue weighted by Crippen LogP contribution is 2.33. The van der Waals surface area contributed by atoms with E-state index in [1.165, 1.54) is 6.07 Å². The van der Waals surface area contributed by atoms with E-state index in [-0.39, 0.29) is 11.5 Å².